The van der Waals surface area contributed by atoms with E-state index in [0.717, 1.165) is 5.56 Å². The van der Waals surface area contributed by atoms with Crippen LogP contribution in [0.4, 0.5) is 0 Å². The highest BCUT2D eigenvalue weighted by Gasteiger charge is 2.13. The molecule has 6 nitrogen and oxygen atoms in total. The van der Waals surface area contributed by atoms with Gasteiger partial charge in [-0.3, -0.25) is 4.79 Å². The molecule has 1 heterocycles. The molecular formula is C20H19Cl2N3O3. The highest BCUT2D eigenvalue weighted by molar-refractivity contribution is 6.30. The molecule has 0 atom stereocenters. The molecule has 28 heavy (non-hydrogen) atoms. The van der Waals surface area contributed by atoms with Gasteiger partial charge in [-0.1, -0.05) is 34.4 Å². The van der Waals surface area contributed by atoms with E-state index in [2.05, 4.69) is 10.1 Å². The van der Waals surface area contributed by atoms with Gasteiger partial charge in [-0.05, 0) is 42.5 Å². The first-order chi connectivity index (χ1) is 13.5. The molecule has 0 aliphatic carbocycles. The molecule has 3 rings (SSSR count). The molecule has 0 unspecified atom stereocenters. The van der Waals surface area contributed by atoms with E-state index < -0.39 is 0 Å². The van der Waals surface area contributed by atoms with Crippen molar-refractivity contribution in [3.05, 3.63) is 64.5 Å². The number of rotatable bonds is 8. The molecule has 146 valence electrons. The fourth-order valence-corrected chi connectivity index (χ4v) is 2.77. The van der Waals surface area contributed by atoms with E-state index >= 15 is 0 Å². The normalized spacial score (nSPS) is 10.7. The SMILES string of the molecule is CN(CCOc1cccc(Cl)c1)C(=O)CCc1nc(-c2ccc(Cl)cc2)no1. The molecule has 3 aromatic rings. The van der Waals surface area contributed by atoms with E-state index in [1.54, 1.807) is 36.2 Å². The Kier molecular flexibility index (Phi) is 6.90. The van der Waals surface area contributed by atoms with Crippen molar-refractivity contribution in [3.63, 3.8) is 0 Å². The van der Waals surface area contributed by atoms with Crippen LogP contribution < -0.4 is 4.74 Å². The maximum Gasteiger partial charge on any atom is 0.227 e. The molecule has 1 aromatic heterocycles. The van der Waals surface area contributed by atoms with Gasteiger partial charge in [0.15, 0.2) is 0 Å². The third-order valence-electron chi connectivity index (χ3n) is 4.04. The molecule has 0 saturated carbocycles. The van der Waals surface area contributed by atoms with E-state index in [9.17, 15) is 4.79 Å². The Labute approximate surface area is 173 Å². The lowest BCUT2D eigenvalue weighted by Crippen LogP contribution is -2.31. The summed E-state index contributed by atoms with van der Waals surface area (Å²) in [6.45, 7) is 0.842. The monoisotopic (exact) mass is 419 g/mol. The van der Waals surface area contributed by atoms with Gasteiger partial charge < -0.3 is 14.2 Å². The van der Waals surface area contributed by atoms with Crippen LogP contribution in [0.1, 0.15) is 12.3 Å². The van der Waals surface area contributed by atoms with Gasteiger partial charge in [-0.15, -0.1) is 0 Å². The summed E-state index contributed by atoms with van der Waals surface area (Å²) in [4.78, 5) is 18.2. The lowest BCUT2D eigenvalue weighted by Gasteiger charge is -2.17. The largest absolute Gasteiger partial charge is 0.492 e. The minimum atomic E-state index is -0.0269. The van der Waals surface area contributed by atoms with Crippen LogP contribution in [0.3, 0.4) is 0 Å². The van der Waals surface area contributed by atoms with Gasteiger partial charge in [0, 0.05) is 35.5 Å². The molecule has 0 aliphatic heterocycles. The number of amides is 1. The van der Waals surface area contributed by atoms with Crippen LogP contribution >= 0.6 is 23.2 Å². The predicted octanol–water partition coefficient (Wildman–Crippen LogP) is 4.51. The van der Waals surface area contributed by atoms with Crippen molar-refractivity contribution in [1.82, 2.24) is 15.0 Å². The molecule has 0 saturated heterocycles. The van der Waals surface area contributed by atoms with Crippen molar-refractivity contribution >= 4 is 29.1 Å². The molecule has 1 amide bonds. The first kappa shape index (κ1) is 20.2. The number of aromatic nitrogens is 2. The summed E-state index contributed by atoms with van der Waals surface area (Å²) in [6.07, 6.45) is 0.648. The number of hydrogen-bond acceptors (Lipinski definition) is 5. The van der Waals surface area contributed by atoms with E-state index in [1.807, 2.05) is 24.3 Å². The Bertz CT molecular complexity index is 928. The van der Waals surface area contributed by atoms with E-state index in [0.29, 0.717) is 47.1 Å². The Morgan fingerprint density at radius 2 is 1.93 bits per heavy atom. The van der Waals surface area contributed by atoms with Crippen molar-refractivity contribution in [2.75, 3.05) is 20.2 Å². The third kappa shape index (κ3) is 5.71. The minimum Gasteiger partial charge on any atom is -0.492 e. The number of likely N-dealkylation sites (N-methyl/N-ethyl adjacent to an activating group) is 1. The van der Waals surface area contributed by atoms with Gasteiger partial charge in [0.2, 0.25) is 17.6 Å². The summed E-state index contributed by atoms with van der Waals surface area (Å²) >= 11 is 11.8. The smallest absolute Gasteiger partial charge is 0.227 e. The van der Waals surface area contributed by atoms with Crippen LogP contribution in [0, 0.1) is 0 Å². The van der Waals surface area contributed by atoms with Crippen LogP contribution in [-0.2, 0) is 11.2 Å². The summed E-state index contributed by atoms with van der Waals surface area (Å²) in [5, 5.41) is 5.19. The number of aryl methyl sites for hydroxylation is 1. The Morgan fingerprint density at radius 3 is 2.68 bits per heavy atom. The second-order valence-corrected chi connectivity index (χ2v) is 7.01. The number of benzene rings is 2. The summed E-state index contributed by atoms with van der Waals surface area (Å²) in [7, 11) is 1.73. The van der Waals surface area contributed by atoms with Crippen LogP contribution in [0.2, 0.25) is 10.0 Å². The number of carbonyl (C=O) groups excluding carboxylic acids is 1. The number of carbonyl (C=O) groups is 1. The van der Waals surface area contributed by atoms with Gasteiger partial charge in [-0.25, -0.2) is 0 Å². The first-order valence-electron chi connectivity index (χ1n) is 8.72. The molecule has 8 heteroatoms. The molecule has 2 aromatic carbocycles. The minimum absolute atomic E-state index is 0.0269. The number of hydrogen-bond donors (Lipinski definition) is 0. The van der Waals surface area contributed by atoms with Crippen LogP contribution in [0.25, 0.3) is 11.4 Å². The van der Waals surface area contributed by atoms with Gasteiger partial charge >= 0.3 is 0 Å². The zero-order valence-electron chi connectivity index (χ0n) is 15.3. The lowest BCUT2D eigenvalue weighted by molar-refractivity contribution is -0.130. The lowest BCUT2D eigenvalue weighted by atomic mass is 10.2. The van der Waals surface area contributed by atoms with Crippen LogP contribution in [0.15, 0.2) is 53.1 Å². The summed E-state index contributed by atoms with van der Waals surface area (Å²) in [5.41, 5.74) is 0.806. The van der Waals surface area contributed by atoms with Crippen molar-refractivity contribution in [2.24, 2.45) is 0 Å². The second-order valence-electron chi connectivity index (χ2n) is 6.14. The molecule has 0 N–H and O–H groups in total. The van der Waals surface area contributed by atoms with Crippen LogP contribution in [-0.4, -0.2) is 41.1 Å². The van der Waals surface area contributed by atoms with Gasteiger partial charge in [0.1, 0.15) is 12.4 Å². The highest BCUT2D eigenvalue weighted by atomic mass is 35.5. The van der Waals surface area contributed by atoms with E-state index in [1.165, 1.54) is 0 Å². The average Bonchev–Trinajstić information content (AvgIpc) is 3.15. The maximum absolute atomic E-state index is 12.3. The Morgan fingerprint density at radius 1 is 1.14 bits per heavy atom. The fourth-order valence-electron chi connectivity index (χ4n) is 2.46. The number of ether oxygens (including phenoxy) is 1. The van der Waals surface area contributed by atoms with E-state index in [-0.39, 0.29) is 12.3 Å². The Hall–Kier alpha value is -2.57. The van der Waals surface area contributed by atoms with Gasteiger partial charge in [-0.2, -0.15) is 4.98 Å². The van der Waals surface area contributed by atoms with Crippen molar-refractivity contribution < 1.29 is 14.1 Å². The molecule has 0 spiro atoms. The fraction of sp³-hybridized carbons (Fsp3) is 0.250. The quantitative estimate of drug-likeness (QED) is 0.536. The third-order valence-corrected chi connectivity index (χ3v) is 4.53. The number of halogens is 2. The molecule has 0 aliphatic rings. The topological polar surface area (TPSA) is 68.5 Å². The summed E-state index contributed by atoms with van der Waals surface area (Å²) < 4.78 is 10.8. The van der Waals surface area contributed by atoms with Crippen LogP contribution in [0.5, 0.6) is 5.75 Å². The van der Waals surface area contributed by atoms with E-state index in [4.69, 9.17) is 32.5 Å². The molecule has 0 radical (unpaired) electrons. The van der Waals surface area contributed by atoms with Crippen molar-refractivity contribution in [2.45, 2.75) is 12.8 Å². The molecule has 0 fully saturated rings. The van der Waals surface area contributed by atoms with Gasteiger partial charge in [0.05, 0.1) is 6.54 Å². The zero-order valence-corrected chi connectivity index (χ0v) is 16.8. The second kappa shape index (κ2) is 9.57. The standard InChI is InChI=1S/C20H19Cl2N3O3/c1-25(11-12-27-17-4-2-3-16(22)13-17)19(26)10-9-18-23-20(24-28-18)14-5-7-15(21)8-6-14/h2-8,13H,9-12H2,1H3. The number of nitrogens with zero attached hydrogens (tertiary/aromatic N) is 3. The molecule has 0 bridgehead atoms. The average molecular weight is 420 g/mol. The zero-order chi connectivity index (χ0) is 19.9. The van der Waals surface area contributed by atoms with Crippen molar-refractivity contribution in [1.29, 1.82) is 0 Å². The van der Waals surface area contributed by atoms with Crippen molar-refractivity contribution in [3.8, 4) is 17.1 Å². The Balaban J connectivity index is 1.44. The predicted molar refractivity (Wildman–Crippen MR) is 108 cm³/mol. The van der Waals surface area contributed by atoms with Gasteiger partial charge in [0.25, 0.3) is 0 Å². The molecular weight excluding hydrogens is 401 g/mol. The summed E-state index contributed by atoms with van der Waals surface area (Å²) in [6, 6.07) is 14.3. The highest BCUT2D eigenvalue weighted by Crippen LogP contribution is 2.19. The first-order valence-corrected chi connectivity index (χ1v) is 9.48. The maximum atomic E-state index is 12.3. The summed E-state index contributed by atoms with van der Waals surface area (Å²) in [5.74, 6) is 1.54.